The van der Waals surface area contributed by atoms with Gasteiger partial charge in [0.15, 0.2) is 0 Å². The fourth-order valence-electron chi connectivity index (χ4n) is 2.39. The van der Waals surface area contributed by atoms with Gasteiger partial charge in [-0.25, -0.2) is 0 Å². The summed E-state index contributed by atoms with van der Waals surface area (Å²) in [6.45, 7) is 1.61. The minimum absolute atomic E-state index is 0.0968. The highest BCUT2D eigenvalue weighted by molar-refractivity contribution is 5.97. The average molecular weight is 248 g/mol. The standard InChI is InChI=1S/C14H20N2O2/c1-16(12-5-3-2-4-6-12)13(17)14(11-15)7-9-18-10-8-14/h2-6H,7-11,15H2,1H3. The SMILES string of the molecule is CN(C(=O)C1(CN)CCOCC1)c1ccccc1. The Morgan fingerprint density at radius 3 is 2.50 bits per heavy atom. The van der Waals surface area contributed by atoms with Crippen LogP contribution in [0.15, 0.2) is 30.3 Å². The van der Waals surface area contributed by atoms with Crippen LogP contribution in [0, 0.1) is 5.41 Å². The summed E-state index contributed by atoms with van der Waals surface area (Å²) in [6, 6.07) is 9.66. The lowest BCUT2D eigenvalue weighted by atomic mass is 9.79. The molecule has 0 atom stereocenters. The second-order valence-corrected chi connectivity index (χ2v) is 4.80. The van der Waals surface area contributed by atoms with Gasteiger partial charge in [0.25, 0.3) is 0 Å². The first kappa shape index (κ1) is 13.1. The van der Waals surface area contributed by atoms with Gasteiger partial charge in [-0.15, -0.1) is 0 Å². The van der Waals surface area contributed by atoms with Crippen molar-refractivity contribution in [3.05, 3.63) is 30.3 Å². The lowest BCUT2D eigenvalue weighted by Gasteiger charge is -2.37. The molecule has 0 bridgehead atoms. The van der Waals surface area contributed by atoms with Gasteiger partial charge < -0.3 is 15.4 Å². The first-order chi connectivity index (χ1) is 8.69. The number of ether oxygens (including phenoxy) is 1. The highest BCUT2D eigenvalue weighted by Crippen LogP contribution is 2.32. The van der Waals surface area contributed by atoms with Gasteiger partial charge in [-0.3, -0.25) is 4.79 Å². The molecule has 0 aliphatic carbocycles. The van der Waals surface area contributed by atoms with Gasteiger partial charge in [-0.2, -0.15) is 0 Å². The number of para-hydroxylation sites is 1. The van der Waals surface area contributed by atoms with Crippen LogP contribution < -0.4 is 10.6 Å². The Labute approximate surface area is 108 Å². The number of hydrogen-bond donors (Lipinski definition) is 1. The second kappa shape index (κ2) is 5.50. The number of nitrogens with zero attached hydrogens (tertiary/aromatic N) is 1. The molecule has 1 fully saturated rings. The minimum Gasteiger partial charge on any atom is -0.381 e. The van der Waals surface area contributed by atoms with Crippen molar-refractivity contribution in [1.29, 1.82) is 0 Å². The van der Waals surface area contributed by atoms with Crippen molar-refractivity contribution in [2.75, 3.05) is 31.7 Å². The normalized spacial score (nSPS) is 18.3. The Balaban J connectivity index is 2.19. The van der Waals surface area contributed by atoms with Crippen molar-refractivity contribution in [2.45, 2.75) is 12.8 Å². The minimum atomic E-state index is -0.456. The third kappa shape index (κ3) is 2.40. The summed E-state index contributed by atoms with van der Waals surface area (Å²) in [5.74, 6) is 0.0968. The molecule has 1 saturated heterocycles. The number of rotatable bonds is 3. The van der Waals surface area contributed by atoms with E-state index < -0.39 is 5.41 Å². The van der Waals surface area contributed by atoms with Gasteiger partial charge in [0.1, 0.15) is 0 Å². The zero-order valence-electron chi connectivity index (χ0n) is 10.8. The van der Waals surface area contributed by atoms with E-state index in [-0.39, 0.29) is 5.91 Å². The fraction of sp³-hybridized carbons (Fsp3) is 0.500. The molecule has 1 aromatic carbocycles. The molecule has 0 aromatic heterocycles. The first-order valence-corrected chi connectivity index (χ1v) is 6.31. The third-order valence-electron chi connectivity index (χ3n) is 3.74. The van der Waals surface area contributed by atoms with Crippen LogP contribution in [0.4, 0.5) is 5.69 Å². The van der Waals surface area contributed by atoms with Gasteiger partial charge in [0.05, 0.1) is 5.41 Å². The lowest BCUT2D eigenvalue weighted by molar-refractivity contribution is -0.132. The molecule has 1 heterocycles. The van der Waals surface area contributed by atoms with Crippen LogP contribution in [-0.2, 0) is 9.53 Å². The maximum absolute atomic E-state index is 12.6. The van der Waals surface area contributed by atoms with Crippen molar-refractivity contribution in [3.8, 4) is 0 Å². The number of anilines is 1. The van der Waals surface area contributed by atoms with Crippen LogP contribution in [0.25, 0.3) is 0 Å². The molecular formula is C14H20N2O2. The van der Waals surface area contributed by atoms with E-state index in [0.717, 1.165) is 5.69 Å². The van der Waals surface area contributed by atoms with Crippen LogP contribution >= 0.6 is 0 Å². The van der Waals surface area contributed by atoms with E-state index in [1.165, 1.54) is 0 Å². The van der Waals surface area contributed by atoms with E-state index in [2.05, 4.69) is 0 Å². The molecule has 1 aliphatic heterocycles. The van der Waals surface area contributed by atoms with Crippen LogP contribution in [-0.4, -0.2) is 32.7 Å². The topological polar surface area (TPSA) is 55.6 Å². The van der Waals surface area contributed by atoms with Crippen molar-refractivity contribution in [3.63, 3.8) is 0 Å². The van der Waals surface area contributed by atoms with Crippen LogP contribution in [0.1, 0.15) is 12.8 Å². The van der Waals surface area contributed by atoms with E-state index in [9.17, 15) is 4.79 Å². The summed E-state index contributed by atoms with van der Waals surface area (Å²) in [5, 5.41) is 0. The number of carbonyl (C=O) groups excluding carboxylic acids is 1. The number of hydrogen-bond acceptors (Lipinski definition) is 3. The lowest BCUT2D eigenvalue weighted by Crippen LogP contribution is -2.49. The molecular weight excluding hydrogens is 228 g/mol. The Morgan fingerprint density at radius 2 is 1.94 bits per heavy atom. The van der Waals surface area contributed by atoms with Gasteiger partial charge in [-0.1, -0.05) is 18.2 Å². The summed E-state index contributed by atoms with van der Waals surface area (Å²) in [7, 11) is 1.81. The van der Waals surface area contributed by atoms with Crippen LogP contribution in [0.3, 0.4) is 0 Å². The fourth-order valence-corrected chi connectivity index (χ4v) is 2.39. The summed E-state index contributed by atoms with van der Waals surface area (Å²) in [4.78, 5) is 14.3. The van der Waals surface area contributed by atoms with Gasteiger partial charge in [-0.05, 0) is 25.0 Å². The molecule has 1 amide bonds. The molecule has 4 heteroatoms. The average Bonchev–Trinajstić information content (AvgIpc) is 2.47. The molecule has 0 saturated carbocycles. The maximum Gasteiger partial charge on any atom is 0.234 e. The predicted octanol–water partition coefficient (Wildman–Crippen LogP) is 1.40. The smallest absolute Gasteiger partial charge is 0.234 e. The molecule has 2 rings (SSSR count). The number of carbonyl (C=O) groups is 1. The van der Waals surface area contributed by atoms with E-state index in [1.54, 1.807) is 4.90 Å². The Kier molecular flexibility index (Phi) is 3.99. The monoisotopic (exact) mass is 248 g/mol. The van der Waals surface area contributed by atoms with E-state index in [1.807, 2.05) is 37.4 Å². The summed E-state index contributed by atoms with van der Waals surface area (Å²) >= 11 is 0. The van der Waals surface area contributed by atoms with Crippen molar-refractivity contribution in [2.24, 2.45) is 11.1 Å². The van der Waals surface area contributed by atoms with E-state index in [4.69, 9.17) is 10.5 Å². The maximum atomic E-state index is 12.6. The number of benzene rings is 1. The molecule has 98 valence electrons. The molecule has 4 nitrogen and oxygen atoms in total. The molecule has 1 aromatic rings. The van der Waals surface area contributed by atoms with E-state index >= 15 is 0 Å². The van der Waals surface area contributed by atoms with Crippen molar-refractivity contribution < 1.29 is 9.53 Å². The molecule has 0 unspecified atom stereocenters. The number of amides is 1. The zero-order chi connectivity index (χ0) is 13.0. The van der Waals surface area contributed by atoms with Crippen molar-refractivity contribution >= 4 is 11.6 Å². The summed E-state index contributed by atoms with van der Waals surface area (Å²) < 4.78 is 5.34. The molecule has 0 spiro atoms. The second-order valence-electron chi connectivity index (χ2n) is 4.80. The highest BCUT2D eigenvalue weighted by Gasteiger charge is 2.40. The van der Waals surface area contributed by atoms with Crippen LogP contribution in [0.5, 0.6) is 0 Å². The molecule has 1 aliphatic rings. The Bertz CT molecular complexity index is 400. The van der Waals surface area contributed by atoms with E-state index in [0.29, 0.717) is 32.6 Å². The third-order valence-corrected chi connectivity index (χ3v) is 3.74. The van der Waals surface area contributed by atoms with Crippen LogP contribution in [0.2, 0.25) is 0 Å². The number of nitrogens with two attached hydrogens (primary N) is 1. The summed E-state index contributed by atoms with van der Waals surface area (Å²) in [6.07, 6.45) is 1.42. The summed E-state index contributed by atoms with van der Waals surface area (Å²) in [5.41, 5.74) is 6.30. The quantitative estimate of drug-likeness (QED) is 0.879. The van der Waals surface area contributed by atoms with Gasteiger partial charge >= 0.3 is 0 Å². The Morgan fingerprint density at radius 1 is 1.33 bits per heavy atom. The van der Waals surface area contributed by atoms with Gasteiger partial charge in [0.2, 0.25) is 5.91 Å². The van der Waals surface area contributed by atoms with Gasteiger partial charge in [0, 0.05) is 32.5 Å². The predicted molar refractivity (Wildman–Crippen MR) is 71.4 cm³/mol. The molecule has 2 N–H and O–H groups in total. The van der Waals surface area contributed by atoms with Crippen molar-refractivity contribution in [1.82, 2.24) is 0 Å². The molecule has 18 heavy (non-hydrogen) atoms. The highest BCUT2D eigenvalue weighted by atomic mass is 16.5. The first-order valence-electron chi connectivity index (χ1n) is 6.31. The molecule has 0 radical (unpaired) electrons. The zero-order valence-corrected chi connectivity index (χ0v) is 10.8. The Hall–Kier alpha value is -1.39. The largest absolute Gasteiger partial charge is 0.381 e.